The number of hydrogen-bond acceptors (Lipinski definition) is 3. The van der Waals surface area contributed by atoms with Crippen LogP contribution in [0.1, 0.15) is 20.8 Å². The topological polar surface area (TPSA) is 21.3 Å². The Morgan fingerprint density at radius 1 is 1.38 bits per heavy atom. The van der Waals surface area contributed by atoms with Crippen molar-refractivity contribution in [3.05, 3.63) is 18.2 Å². The van der Waals surface area contributed by atoms with E-state index in [0.717, 1.165) is 11.5 Å². The zero-order valence-corrected chi connectivity index (χ0v) is 11.1. The van der Waals surface area contributed by atoms with Crippen molar-refractivity contribution in [3.63, 3.8) is 0 Å². The van der Waals surface area contributed by atoms with E-state index in [-0.39, 0.29) is 0 Å². The summed E-state index contributed by atoms with van der Waals surface area (Å²) < 4.78 is 5.23. The van der Waals surface area contributed by atoms with Crippen molar-refractivity contribution in [2.24, 2.45) is 5.41 Å². The molecule has 0 spiro atoms. The highest BCUT2D eigenvalue weighted by atomic mass is 32.2. The molecule has 2 nitrogen and oxygen atoms in total. The van der Waals surface area contributed by atoms with Crippen molar-refractivity contribution >= 4 is 17.4 Å². The molecule has 1 aliphatic heterocycles. The van der Waals surface area contributed by atoms with Crippen LogP contribution in [0.4, 0.5) is 5.69 Å². The molecule has 1 aromatic carbocycles. The number of thioether (sulfide) groups is 1. The molecule has 1 unspecified atom stereocenters. The van der Waals surface area contributed by atoms with Gasteiger partial charge in [-0.05, 0) is 23.6 Å². The first-order valence-electron chi connectivity index (χ1n) is 5.58. The number of fused-ring (bicyclic) bond motifs is 1. The van der Waals surface area contributed by atoms with Crippen molar-refractivity contribution < 1.29 is 4.74 Å². The lowest BCUT2D eigenvalue weighted by molar-refractivity contribution is 0.361. The highest BCUT2D eigenvalue weighted by Crippen LogP contribution is 2.39. The van der Waals surface area contributed by atoms with E-state index < -0.39 is 0 Å². The second-order valence-corrected chi connectivity index (χ2v) is 6.30. The van der Waals surface area contributed by atoms with Crippen LogP contribution in [-0.4, -0.2) is 18.9 Å². The van der Waals surface area contributed by atoms with Gasteiger partial charge < -0.3 is 10.1 Å². The Bertz CT molecular complexity index is 384. The molecule has 3 heteroatoms. The maximum Gasteiger partial charge on any atom is 0.120 e. The van der Waals surface area contributed by atoms with Gasteiger partial charge in [-0.25, -0.2) is 0 Å². The summed E-state index contributed by atoms with van der Waals surface area (Å²) in [4.78, 5) is 1.29. The van der Waals surface area contributed by atoms with Crippen molar-refractivity contribution in [2.45, 2.75) is 31.7 Å². The molecule has 88 valence electrons. The lowest BCUT2D eigenvalue weighted by atomic mass is 9.87. The van der Waals surface area contributed by atoms with Gasteiger partial charge in [0.1, 0.15) is 5.75 Å². The highest BCUT2D eigenvalue weighted by molar-refractivity contribution is 7.99. The normalized spacial score (nSPS) is 19.9. The maximum absolute atomic E-state index is 5.23. The van der Waals surface area contributed by atoms with Gasteiger partial charge in [0.25, 0.3) is 0 Å². The molecule has 0 amide bonds. The largest absolute Gasteiger partial charge is 0.497 e. The van der Waals surface area contributed by atoms with Gasteiger partial charge in [-0.2, -0.15) is 0 Å². The number of anilines is 1. The van der Waals surface area contributed by atoms with Crippen LogP contribution in [0.3, 0.4) is 0 Å². The first kappa shape index (κ1) is 11.6. The van der Waals surface area contributed by atoms with E-state index in [4.69, 9.17) is 4.74 Å². The van der Waals surface area contributed by atoms with Gasteiger partial charge in [0.15, 0.2) is 0 Å². The summed E-state index contributed by atoms with van der Waals surface area (Å²) in [5.41, 5.74) is 1.53. The smallest absolute Gasteiger partial charge is 0.120 e. The molecule has 2 rings (SSSR count). The third-order valence-corrected chi connectivity index (χ3v) is 4.12. The van der Waals surface area contributed by atoms with Crippen LogP contribution in [0.5, 0.6) is 5.75 Å². The summed E-state index contributed by atoms with van der Waals surface area (Å²) in [6.07, 6.45) is 0. The van der Waals surface area contributed by atoms with Crippen molar-refractivity contribution in [2.75, 3.05) is 18.2 Å². The Morgan fingerprint density at radius 3 is 2.75 bits per heavy atom. The van der Waals surface area contributed by atoms with Gasteiger partial charge in [-0.3, -0.25) is 0 Å². The quantitative estimate of drug-likeness (QED) is 0.806. The van der Waals surface area contributed by atoms with Crippen LogP contribution in [0.25, 0.3) is 0 Å². The lowest BCUT2D eigenvalue weighted by Crippen LogP contribution is -2.38. The average molecular weight is 237 g/mol. The zero-order valence-electron chi connectivity index (χ0n) is 10.3. The summed E-state index contributed by atoms with van der Waals surface area (Å²) in [7, 11) is 1.71. The van der Waals surface area contributed by atoms with E-state index in [2.05, 4.69) is 38.2 Å². The third kappa shape index (κ3) is 2.29. The third-order valence-electron chi connectivity index (χ3n) is 2.97. The highest BCUT2D eigenvalue weighted by Gasteiger charge is 2.28. The first-order chi connectivity index (χ1) is 7.50. The van der Waals surface area contributed by atoms with Gasteiger partial charge in [0.05, 0.1) is 7.11 Å². The number of methoxy groups -OCH3 is 1. The molecule has 0 aromatic heterocycles. The predicted octanol–water partition coefficient (Wildman–Crippen LogP) is 3.63. The molecule has 0 aliphatic carbocycles. The van der Waals surface area contributed by atoms with Gasteiger partial charge in [-0.1, -0.05) is 20.8 Å². The van der Waals surface area contributed by atoms with E-state index in [0.29, 0.717) is 11.5 Å². The molecule has 1 N–H and O–H groups in total. The van der Waals surface area contributed by atoms with Gasteiger partial charge in [0, 0.05) is 22.4 Å². The number of ether oxygens (including phenoxy) is 1. The standard InChI is InChI=1S/C13H19NOS/c1-13(2,3)12-8-16-11-7-9(15-4)5-6-10(11)14-12/h5-7,12,14H,8H2,1-4H3. The van der Waals surface area contributed by atoms with Crippen LogP contribution in [0.15, 0.2) is 23.1 Å². The summed E-state index contributed by atoms with van der Waals surface area (Å²) in [6.45, 7) is 6.83. The Kier molecular flexibility index (Phi) is 3.06. The summed E-state index contributed by atoms with van der Waals surface area (Å²) in [5.74, 6) is 2.05. The minimum atomic E-state index is 0.296. The molecule has 1 heterocycles. The minimum Gasteiger partial charge on any atom is -0.497 e. The van der Waals surface area contributed by atoms with E-state index in [1.165, 1.54) is 10.6 Å². The fourth-order valence-electron chi connectivity index (χ4n) is 1.74. The van der Waals surface area contributed by atoms with Gasteiger partial charge in [-0.15, -0.1) is 11.8 Å². The Labute approximate surface area is 102 Å². The second kappa shape index (κ2) is 4.21. The average Bonchev–Trinajstić information content (AvgIpc) is 2.26. The van der Waals surface area contributed by atoms with E-state index in [9.17, 15) is 0 Å². The molecule has 1 aromatic rings. The predicted molar refractivity (Wildman–Crippen MR) is 70.6 cm³/mol. The summed E-state index contributed by atoms with van der Waals surface area (Å²) >= 11 is 1.91. The fourth-order valence-corrected chi connectivity index (χ4v) is 3.15. The molecular weight excluding hydrogens is 218 g/mol. The number of hydrogen-bond donors (Lipinski definition) is 1. The summed E-state index contributed by atoms with van der Waals surface area (Å²) in [6, 6.07) is 6.75. The molecule has 0 saturated heterocycles. The Hall–Kier alpha value is -0.830. The number of benzene rings is 1. The molecule has 1 atom stereocenters. The van der Waals surface area contributed by atoms with Crippen LogP contribution >= 0.6 is 11.8 Å². The van der Waals surface area contributed by atoms with Gasteiger partial charge >= 0.3 is 0 Å². The van der Waals surface area contributed by atoms with Gasteiger partial charge in [0.2, 0.25) is 0 Å². The molecule has 1 aliphatic rings. The molecular formula is C13H19NOS. The first-order valence-corrected chi connectivity index (χ1v) is 6.56. The SMILES string of the molecule is COc1ccc2c(c1)SCC(C(C)(C)C)N2. The van der Waals surface area contributed by atoms with Crippen LogP contribution in [0.2, 0.25) is 0 Å². The fraction of sp³-hybridized carbons (Fsp3) is 0.538. The molecule has 0 saturated carbocycles. The second-order valence-electron chi connectivity index (χ2n) is 5.24. The number of rotatable bonds is 1. The van der Waals surface area contributed by atoms with Crippen molar-refractivity contribution in [1.82, 2.24) is 0 Å². The molecule has 0 bridgehead atoms. The molecule has 16 heavy (non-hydrogen) atoms. The Morgan fingerprint density at radius 2 is 2.12 bits per heavy atom. The van der Waals surface area contributed by atoms with E-state index in [1.807, 2.05) is 17.8 Å². The zero-order chi connectivity index (χ0) is 11.8. The molecule has 0 radical (unpaired) electrons. The Balaban J connectivity index is 2.22. The molecule has 0 fully saturated rings. The van der Waals surface area contributed by atoms with E-state index in [1.54, 1.807) is 7.11 Å². The lowest BCUT2D eigenvalue weighted by Gasteiger charge is -2.36. The maximum atomic E-state index is 5.23. The summed E-state index contributed by atoms with van der Waals surface area (Å²) in [5, 5.41) is 3.61. The van der Waals surface area contributed by atoms with Crippen molar-refractivity contribution in [1.29, 1.82) is 0 Å². The van der Waals surface area contributed by atoms with Crippen LogP contribution < -0.4 is 10.1 Å². The van der Waals surface area contributed by atoms with E-state index >= 15 is 0 Å². The minimum absolute atomic E-state index is 0.296. The van der Waals surface area contributed by atoms with Crippen molar-refractivity contribution in [3.8, 4) is 5.75 Å². The monoisotopic (exact) mass is 237 g/mol. The number of nitrogens with one attached hydrogen (secondary N) is 1. The van der Waals surface area contributed by atoms with Crippen LogP contribution in [-0.2, 0) is 0 Å². The van der Waals surface area contributed by atoms with Crippen LogP contribution in [0, 0.1) is 5.41 Å².